The average Bonchev–Trinajstić information content (AvgIpc) is 2.57. The molecule has 3 aromatic rings. The molecule has 24 heavy (non-hydrogen) atoms. The van der Waals surface area contributed by atoms with Crippen molar-refractivity contribution < 1.29 is 4.39 Å². The van der Waals surface area contributed by atoms with Crippen molar-refractivity contribution in [3.8, 4) is 0 Å². The summed E-state index contributed by atoms with van der Waals surface area (Å²) in [6.07, 6.45) is 2.47. The van der Waals surface area contributed by atoms with Gasteiger partial charge in [0.15, 0.2) is 5.82 Å². The SMILES string of the molecule is CCc1cccc(C)c1Nc1cnnc(Nc2cccc(F)c2)n1. The van der Waals surface area contributed by atoms with Gasteiger partial charge in [-0.3, -0.25) is 0 Å². The van der Waals surface area contributed by atoms with E-state index >= 15 is 0 Å². The third kappa shape index (κ3) is 3.65. The Morgan fingerprint density at radius 2 is 1.92 bits per heavy atom. The molecule has 0 aliphatic carbocycles. The van der Waals surface area contributed by atoms with E-state index in [0.717, 1.165) is 17.7 Å². The lowest BCUT2D eigenvalue weighted by Gasteiger charge is -2.13. The number of para-hydroxylation sites is 1. The van der Waals surface area contributed by atoms with Gasteiger partial charge in [-0.2, -0.15) is 10.1 Å². The van der Waals surface area contributed by atoms with Crippen molar-refractivity contribution in [2.45, 2.75) is 20.3 Å². The van der Waals surface area contributed by atoms with E-state index in [1.165, 1.54) is 17.7 Å². The Balaban J connectivity index is 1.84. The Kier molecular flexibility index (Phi) is 4.65. The van der Waals surface area contributed by atoms with Crippen molar-refractivity contribution in [2.75, 3.05) is 10.6 Å². The van der Waals surface area contributed by atoms with Gasteiger partial charge >= 0.3 is 0 Å². The number of aromatic nitrogens is 3. The molecule has 5 nitrogen and oxygen atoms in total. The molecule has 0 aliphatic heterocycles. The van der Waals surface area contributed by atoms with Gasteiger partial charge in [-0.15, -0.1) is 5.10 Å². The van der Waals surface area contributed by atoms with E-state index in [4.69, 9.17) is 0 Å². The fourth-order valence-corrected chi connectivity index (χ4v) is 2.44. The second-order valence-electron chi connectivity index (χ2n) is 5.39. The Morgan fingerprint density at radius 3 is 2.71 bits per heavy atom. The van der Waals surface area contributed by atoms with Gasteiger partial charge in [0.2, 0.25) is 5.95 Å². The molecule has 2 N–H and O–H groups in total. The molecule has 122 valence electrons. The lowest BCUT2D eigenvalue weighted by Crippen LogP contribution is -2.04. The second kappa shape index (κ2) is 7.04. The zero-order valence-corrected chi connectivity index (χ0v) is 13.5. The van der Waals surface area contributed by atoms with Gasteiger partial charge in [-0.1, -0.05) is 31.2 Å². The highest BCUT2D eigenvalue weighted by atomic mass is 19.1. The smallest absolute Gasteiger partial charge is 0.249 e. The minimum atomic E-state index is -0.324. The number of halogens is 1. The van der Waals surface area contributed by atoms with Crippen LogP contribution in [-0.2, 0) is 6.42 Å². The molecule has 0 atom stereocenters. The van der Waals surface area contributed by atoms with E-state index in [1.807, 2.05) is 19.1 Å². The Hall–Kier alpha value is -3.02. The first-order valence-corrected chi connectivity index (χ1v) is 7.73. The van der Waals surface area contributed by atoms with Gasteiger partial charge < -0.3 is 10.6 Å². The number of hydrogen-bond donors (Lipinski definition) is 2. The molecule has 0 saturated heterocycles. The molecule has 1 heterocycles. The minimum Gasteiger partial charge on any atom is -0.338 e. The van der Waals surface area contributed by atoms with Crippen LogP contribution in [0.2, 0.25) is 0 Å². The molecular weight excluding hydrogens is 305 g/mol. The molecule has 1 aromatic heterocycles. The monoisotopic (exact) mass is 323 g/mol. The van der Waals surface area contributed by atoms with Crippen LogP contribution >= 0.6 is 0 Å². The Labute approximate surface area is 140 Å². The molecule has 6 heteroatoms. The fourth-order valence-electron chi connectivity index (χ4n) is 2.44. The molecule has 2 aromatic carbocycles. The highest BCUT2D eigenvalue weighted by Gasteiger charge is 2.07. The first kappa shape index (κ1) is 15.9. The van der Waals surface area contributed by atoms with E-state index in [9.17, 15) is 4.39 Å². The minimum absolute atomic E-state index is 0.303. The third-order valence-electron chi connectivity index (χ3n) is 3.63. The number of hydrogen-bond acceptors (Lipinski definition) is 5. The summed E-state index contributed by atoms with van der Waals surface area (Å²) >= 11 is 0. The van der Waals surface area contributed by atoms with E-state index in [1.54, 1.807) is 18.3 Å². The summed E-state index contributed by atoms with van der Waals surface area (Å²) in [7, 11) is 0. The topological polar surface area (TPSA) is 62.7 Å². The maximum absolute atomic E-state index is 13.3. The summed E-state index contributed by atoms with van der Waals surface area (Å²) in [5.41, 5.74) is 3.93. The third-order valence-corrected chi connectivity index (χ3v) is 3.63. The normalized spacial score (nSPS) is 10.5. The van der Waals surface area contributed by atoms with Crippen molar-refractivity contribution in [3.63, 3.8) is 0 Å². The molecule has 0 spiro atoms. The molecular formula is C18H18FN5. The summed E-state index contributed by atoms with van der Waals surface area (Å²) in [6, 6.07) is 12.3. The summed E-state index contributed by atoms with van der Waals surface area (Å²) in [5, 5.41) is 14.1. The first-order chi connectivity index (χ1) is 11.7. The largest absolute Gasteiger partial charge is 0.338 e. The predicted octanol–water partition coefficient (Wildman–Crippen LogP) is 4.37. The van der Waals surface area contributed by atoms with Crippen LogP contribution in [-0.4, -0.2) is 15.2 Å². The van der Waals surface area contributed by atoms with Gasteiger partial charge in [0.25, 0.3) is 0 Å². The van der Waals surface area contributed by atoms with Crippen molar-refractivity contribution in [1.29, 1.82) is 0 Å². The summed E-state index contributed by atoms with van der Waals surface area (Å²) in [5.74, 6) is 0.555. The number of rotatable bonds is 5. The molecule has 0 radical (unpaired) electrons. The lowest BCUT2D eigenvalue weighted by molar-refractivity contribution is 0.628. The Bertz CT molecular complexity index is 850. The number of aryl methyl sites for hydroxylation is 2. The second-order valence-corrected chi connectivity index (χ2v) is 5.39. The van der Waals surface area contributed by atoms with Gasteiger partial charge in [0.05, 0.1) is 6.20 Å². The summed E-state index contributed by atoms with van der Waals surface area (Å²) < 4.78 is 13.3. The van der Waals surface area contributed by atoms with Crippen LogP contribution < -0.4 is 10.6 Å². The van der Waals surface area contributed by atoms with Gasteiger partial charge in [-0.25, -0.2) is 4.39 Å². The van der Waals surface area contributed by atoms with Crippen molar-refractivity contribution >= 4 is 23.1 Å². The first-order valence-electron chi connectivity index (χ1n) is 7.73. The maximum Gasteiger partial charge on any atom is 0.249 e. The summed E-state index contributed by atoms with van der Waals surface area (Å²) in [4.78, 5) is 4.39. The van der Waals surface area contributed by atoms with Gasteiger partial charge in [-0.05, 0) is 42.7 Å². The Morgan fingerprint density at radius 1 is 1.08 bits per heavy atom. The number of nitrogens with one attached hydrogen (secondary N) is 2. The highest BCUT2D eigenvalue weighted by Crippen LogP contribution is 2.24. The summed E-state index contributed by atoms with van der Waals surface area (Å²) in [6.45, 7) is 4.15. The molecule has 0 unspecified atom stereocenters. The van der Waals surface area contributed by atoms with E-state index in [2.05, 4.69) is 38.8 Å². The maximum atomic E-state index is 13.3. The molecule has 3 rings (SSSR count). The van der Waals surface area contributed by atoms with E-state index in [0.29, 0.717) is 17.5 Å². The van der Waals surface area contributed by atoms with Crippen LogP contribution in [0.4, 0.5) is 27.5 Å². The average molecular weight is 323 g/mol. The van der Waals surface area contributed by atoms with Crippen molar-refractivity contribution in [1.82, 2.24) is 15.2 Å². The van der Waals surface area contributed by atoms with Crippen LogP contribution in [0.25, 0.3) is 0 Å². The molecule has 0 aliphatic rings. The lowest BCUT2D eigenvalue weighted by atomic mass is 10.1. The number of anilines is 4. The number of nitrogens with zero attached hydrogens (tertiary/aromatic N) is 3. The van der Waals surface area contributed by atoms with Crippen LogP contribution in [0.1, 0.15) is 18.1 Å². The molecule has 0 bridgehead atoms. The van der Waals surface area contributed by atoms with Crippen LogP contribution in [0, 0.1) is 12.7 Å². The zero-order chi connectivity index (χ0) is 16.9. The van der Waals surface area contributed by atoms with Crippen LogP contribution in [0.15, 0.2) is 48.7 Å². The van der Waals surface area contributed by atoms with Crippen molar-refractivity contribution in [2.24, 2.45) is 0 Å². The fraction of sp³-hybridized carbons (Fsp3) is 0.167. The van der Waals surface area contributed by atoms with Crippen molar-refractivity contribution in [3.05, 3.63) is 65.6 Å². The van der Waals surface area contributed by atoms with E-state index in [-0.39, 0.29) is 5.82 Å². The van der Waals surface area contributed by atoms with Gasteiger partial charge in [0.1, 0.15) is 5.82 Å². The number of benzene rings is 2. The predicted molar refractivity (Wildman–Crippen MR) is 93.3 cm³/mol. The standard InChI is InChI=1S/C18H18FN5/c1-3-13-7-4-6-12(2)17(13)22-16-11-20-24-18(23-16)21-15-9-5-8-14(19)10-15/h4-11H,3H2,1-2H3,(H2,21,22,23,24). The highest BCUT2D eigenvalue weighted by molar-refractivity contribution is 5.65. The van der Waals surface area contributed by atoms with Crippen LogP contribution in [0.5, 0.6) is 0 Å². The van der Waals surface area contributed by atoms with Crippen LogP contribution in [0.3, 0.4) is 0 Å². The quantitative estimate of drug-likeness (QED) is 0.730. The molecule has 0 amide bonds. The molecule has 0 saturated carbocycles. The van der Waals surface area contributed by atoms with E-state index < -0.39 is 0 Å². The molecule has 0 fully saturated rings. The zero-order valence-electron chi connectivity index (χ0n) is 13.5. The van der Waals surface area contributed by atoms with Gasteiger partial charge in [0, 0.05) is 11.4 Å².